The average molecular weight is 435 g/mol. The second-order valence-electron chi connectivity index (χ2n) is 7.79. The van der Waals surface area contributed by atoms with E-state index >= 15 is 0 Å². The third kappa shape index (κ3) is 3.88. The van der Waals surface area contributed by atoms with Gasteiger partial charge in [-0.2, -0.15) is 0 Å². The predicted molar refractivity (Wildman–Crippen MR) is 116 cm³/mol. The standard InChI is InChI=1S/C21H26N2O4S2/c1-26-21(27-2)15-10-29-11-23(15)20(25)18-17(16(28)9-22-18)19(24)14-7-12-5-3-4-6-13(12)8-14/h3-6,14-15,17-18,21-22H,7-11H2,1-2H3/t15-,17?,18-/m0/s1. The van der Waals surface area contributed by atoms with Crippen LogP contribution < -0.4 is 5.32 Å². The molecular weight excluding hydrogens is 408 g/mol. The molecule has 3 atom stereocenters. The molecule has 8 heteroatoms. The number of fused-ring (bicyclic) bond motifs is 1. The van der Waals surface area contributed by atoms with Gasteiger partial charge in [-0.05, 0) is 24.0 Å². The first kappa shape index (κ1) is 20.9. The van der Waals surface area contributed by atoms with Gasteiger partial charge in [0.15, 0.2) is 6.29 Å². The van der Waals surface area contributed by atoms with Crippen molar-refractivity contribution >= 4 is 40.5 Å². The molecule has 0 aromatic heterocycles. The van der Waals surface area contributed by atoms with Crippen LogP contribution in [0.15, 0.2) is 24.3 Å². The molecule has 0 spiro atoms. The zero-order chi connectivity index (χ0) is 20.5. The van der Waals surface area contributed by atoms with E-state index in [1.165, 1.54) is 11.1 Å². The van der Waals surface area contributed by atoms with Gasteiger partial charge in [-0.1, -0.05) is 36.5 Å². The van der Waals surface area contributed by atoms with Crippen molar-refractivity contribution in [2.24, 2.45) is 11.8 Å². The van der Waals surface area contributed by atoms with E-state index in [9.17, 15) is 9.59 Å². The van der Waals surface area contributed by atoms with Crippen LogP contribution in [0.5, 0.6) is 0 Å². The summed E-state index contributed by atoms with van der Waals surface area (Å²) in [5, 5.41) is 3.21. The van der Waals surface area contributed by atoms with Gasteiger partial charge < -0.3 is 19.7 Å². The van der Waals surface area contributed by atoms with Crippen LogP contribution in [0.25, 0.3) is 0 Å². The van der Waals surface area contributed by atoms with Crippen LogP contribution in [0.1, 0.15) is 11.1 Å². The molecule has 1 unspecified atom stereocenters. The summed E-state index contributed by atoms with van der Waals surface area (Å²) < 4.78 is 10.8. The van der Waals surface area contributed by atoms with E-state index in [-0.39, 0.29) is 23.7 Å². The van der Waals surface area contributed by atoms with Gasteiger partial charge in [-0.25, -0.2) is 0 Å². The normalized spacial score (nSPS) is 27.1. The number of thiocarbonyl (C=S) groups is 1. The Kier molecular flexibility index (Phi) is 6.36. The average Bonchev–Trinajstić information content (AvgIpc) is 3.46. The summed E-state index contributed by atoms with van der Waals surface area (Å²) in [6.45, 7) is 0.422. The highest BCUT2D eigenvalue weighted by Crippen LogP contribution is 2.33. The maximum atomic E-state index is 13.4. The number of hydrogen-bond acceptors (Lipinski definition) is 7. The molecule has 6 nitrogen and oxygen atoms in total. The number of carbonyl (C=O) groups excluding carboxylic acids is 2. The second-order valence-corrected chi connectivity index (χ2v) is 9.32. The van der Waals surface area contributed by atoms with E-state index in [2.05, 4.69) is 17.4 Å². The molecule has 1 aliphatic carbocycles. The molecule has 2 aliphatic heterocycles. The van der Waals surface area contributed by atoms with E-state index in [4.69, 9.17) is 21.7 Å². The summed E-state index contributed by atoms with van der Waals surface area (Å²) in [6, 6.07) is 7.40. The number of amides is 1. The van der Waals surface area contributed by atoms with Crippen molar-refractivity contribution in [3.8, 4) is 0 Å². The number of nitrogens with one attached hydrogen (secondary N) is 1. The number of benzene rings is 1. The Morgan fingerprint density at radius 2 is 1.86 bits per heavy atom. The van der Waals surface area contributed by atoms with Crippen molar-refractivity contribution in [2.45, 2.75) is 31.2 Å². The molecule has 0 saturated carbocycles. The number of ether oxygens (including phenoxy) is 2. The van der Waals surface area contributed by atoms with Gasteiger partial charge in [-0.3, -0.25) is 9.59 Å². The van der Waals surface area contributed by atoms with E-state index in [1.807, 2.05) is 12.1 Å². The highest BCUT2D eigenvalue weighted by atomic mass is 32.2. The maximum absolute atomic E-state index is 13.4. The SMILES string of the molecule is COC(OC)[C@@H]1CSCN1C(=O)[C@H]1NCC(=S)C1C(=O)C1Cc2ccccc2C1. The lowest BCUT2D eigenvalue weighted by molar-refractivity contribution is -0.157. The summed E-state index contributed by atoms with van der Waals surface area (Å²) in [6.07, 6.45) is 0.972. The molecule has 4 rings (SSSR count). The van der Waals surface area contributed by atoms with Crippen LogP contribution in [-0.2, 0) is 31.9 Å². The molecule has 3 aliphatic rings. The monoisotopic (exact) mass is 434 g/mol. The molecular formula is C21H26N2O4S2. The number of hydrogen-bond donors (Lipinski definition) is 1. The fourth-order valence-corrected chi connectivity index (χ4v) is 6.23. The van der Waals surface area contributed by atoms with Crippen LogP contribution in [0.4, 0.5) is 0 Å². The summed E-state index contributed by atoms with van der Waals surface area (Å²) in [5.74, 6) is 0.645. The van der Waals surface area contributed by atoms with Crippen molar-refractivity contribution in [1.29, 1.82) is 0 Å². The van der Waals surface area contributed by atoms with Crippen molar-refractivity contribution in [1.82, 2.24) is 10.2 Å². The van der Waals surface area contributed by atoms with Crippen molar-refractivity contribution in [3.63, 3.8) is 0 Å². The molecule has 2 heterocycles. The van der Waals surface area contributed by atoms with E-state index in [0.717, 1.165) is 18.6 Å². The first-order valence-electron chi connectivity index (χ1n) is 9.85. The van der Waals surface area contributed by atoms with Crippen molar-refractivity contribution < 1.29 is 19.1 Å². The fraction of sp³-hybridized carbons (Fsp3) is 0.571. The Labute approximate surface area is 180 Å². The molecule has 2 saturated heterocycles. The number of ketones is 1. The third-order valence-corrected chi connectivity index (χ3v) is 7.62. The van der Waals surface area contributed by atoms with Crippen LogP contribution in [0.3, 0.4) is 0 Å². The van der Waals surface area contributed by atoms with Gasteiger partial charge in [0.25, 0.3) is 0 Å². The maximum Gasteiger partial charge on any atom is 0.241 e. The minimum Gasteiger partial charge on any atom is -0.354 e. The van der Waals surface area contributed by atoms with Crippen LogP contribution >= 0.6 is 24.0 Å². The number of thioether (sulfide) groups is 1. The van der Waals surface area contributed by atoms with Crippen molar-refractivity contribution in [3.05, 3.63) is 35.4 Å². The van der Waals surface area contributed by atoms with E-state index in [1.54, 1.807) is 30.9 Å². The molecule has 156 valence electrons. The van der Waals surface area contributed by atoms with E-state index in [0.29, 0.717) is 17.3 Å². The fourth-order valence-electron chi connectivity index (χ4n) is 4.69. The Hall–Kier alpha value is -1.32. The Morgan fingerprint density at radius 1 is 1.21 bits per heavy atom. The Bertz CT molecular complexity index is 789. The number of nitrogens with zero attached hydrogens (tertiary/aromatic N) is 1. The number of Topliss-reactive ketones (excluding diaryl/α,β-unsaturated/α-hetero) is 1. The van der Waals surface area contributed by atoms with Gasteiger partial charge in [0, 0.05) is 37.3 Å². The molecule has 1 aromatic carbocycles. The lowest BCUT2D eigenvalue weighted by atomic mass is 9.85. The van der Waals surface area contributed by atoms with Gasteiger partial charge in [0.2, 0.25) is 5.91 Å². The number of methoxy groups -OCH3 is 2. The molecule has 0 radical (unpaired) electrons. The quantitative estimate of drug-likeness (QED) is 0.537. The second kappa shape index (κ2) is 8.81. The summed E-state index contributed by atoms with van der Waals surface area (Å²) in [4.78, 5) is 29.3. The van der Waals surface area contributed by atoms with Crippen molar-refractivity contribution in [2.75, 3.05) is 32.4 Å². The highest BCUT2D eigenvalue weighted by Gasteiger charge is 2.48. The Balaban J connectivity index is 1.51. The molecule has 1 N–H and O–H groups in total. The minimum atomic E-state index is -0.603. The summed E-state index contributed by atoms with van der Waals surface area (Å²) >= 11 is 7.19. The van der Waals surface area contributed by atoms with E-state index < -0.39 is 18.2 Å². The zero-order valence-corrected chi connectivity index (χ0v) is 18.3. The van der Waals surface area contributed by atoms with Crippen LogP contribution in [0.2, 0.25) is 0 Å². The Morgan fingerprint density at radius 3 is 2.48 bits per heavy atom. The molecule has 0 bridgehead atoms. The van der Waals surface area contributed by atoms with Crippen LogP contribution in [-0.4, -0.2) is 72.2 Å². The topological polar surface area (TPSA) is 67.9 Å². The predicted octanol–water partition coefficient (Wildman–Crippen LogP) is 1.45. The first-order chi connectivity index (χ1) is 14.0. The van der Waals surface area contributed by atoms with Gasteiger partial charge in [0.1, 0.15) is 11.8 Å². The smallest absolute Gasteiger partial charge is 0.241 e. The number of rotatable bonds is 6. The van der Waals surface area contributed by atoms with Crippen LogP contribution in [0, 0.1) is 11.8 Å². The summed E-state index contributed by atoms with van der Waals surface area (Å²) in [7, 11) is 3.15. The van der Waals surface area contributed by atoms with Gasteiger partial charge in [0.05, 0.1) is 17.8 Å². The molecule has 1 aromatic rings. The zero-order valence-electron chi connectivity index (χ0n) is 16.6. The lowest BCUT2D eigenvalue weighted by Gasteiger charge is -2.32. The summed E-state index contributed by atoms with van der Waals surface area (Å²) in [5.41, 5.74) is 2.45. The number of carbonyl (C=O) groups is 2. The highest BCUT2D eigenvalue weighted by molar-refractivity contribution is 7.99. The largest absolute Gasteiger partial charge is 0.354 e. The first-order valence-corrected chi connectivity index (χ1v) is 11.4. The van der Waals surface area contributed by atoms with Gasteiger partial charge >= 0.3 is 0 Å². The molecule has 2 fully saturated rings. The third-order valence-electron chi connectivity index (χ3n) is 6.18. The molecule has 1 amide bonds. The minimum absolute atomic E-state index is 0.0900. The molecule has 29 heavy (non-hydrogen) atoms. The van der Waals surface area contributed by atoms with Gasteiger partial charge in [-0.15, -0.1) is 11.8 Å². The lowest BCUT2D eigenvalue weighted by Crippen LogP contribution is -2.54.